The largest absolute Gasteiger partial charge is 0.323 e. The van der Waals surface area contributed by atoms with Crippen molar-refractivity contribution < 1.29 is 9.59 Å². The van der Waals surface area contributed by atoms with E-state index in [2.05, 4.69) is 22.2 Å². The van der Waals surface area contributed by atoms with Gasteiger partial charge in [-0.15, -0.1) is 11.3 Å². The fourth-order valence-electron chi connectivity index (χ4n) is 2.11. The number of aromatic nitrogens is 1. The Morgan fingerprint density at radius 1 is 1.12 bits per heavy atom. The van der Waals surface area contributed by atoms with Crippen molar-refractivity contribution >= 4 is 56.3 Å². The molecule has 2 N–H and O–H groups in total. The molecule has 7 heteroatoms. The highest BCUT2D eigenvalue weighted by Gasteiger charge is 2.09. The Morgan fingerprint density at radius 3 is 2.71 bits per heavy atom. The van der Waals surface area contributed by atoms with E-state index in [0.717, 1.165) is 10.2 Å². The summed E-state index contributed by atoms with van der Waals surface area (Å²) in [5, 5.41) is 5.44. The number of carbonyl (C=O) groups excluding carboxylic acids is 2. The highest BCUT2D eigenvalue weighted by Crippen LogP contribution is 2.28. The molecule has 0 fully saturated rings. The van der Waals surface area contributed by atoms with Gasteiger partial charge in [-0.05, 0) is 42.5 Å². The van der Waals surface area contributed by atoms with Gasteiger partial charge in [-0.3, -0.25) is 9.59 Å². The third-order valence-electron chi connectivity index (χ3n) is 3.20. The molecule has 0 atom stereocenters. The van der Waals surface area contributed by atoms with Crippen molar-refractivity contribution in [1.82, 2.24) is 4.98 Å². The van der Waals surface area contributed by atoms with Crippen molar-refractivity contribution in [1.29, 1.82) is 0 Å². The molecule has 0 unspecified atom stereocenters. The number of anilines is 2. The minimum atomic E-state index is -0.333. The lowest BCUT2D eigenvalue weighted by Gasteiger charge is -2.07. The molecule has 5 nitrogen and oxygen atoms in total. The summed E-state index contributed by atoms with van der Waals surface area (Å²) in [5.74, 6) is -0.611. The summed E-state index contributed by atoms with van der Waals surface area (Å²) in [6, 6.07) is 12.0. The second-order valence-corrected chi connectivity index (χ2v) is 6.49. The molecule has 0 saturated carbocycles. The molecule has 0 radical (unpaired) electrons. The van der Waals surface area contributed by atoms with Crippen molar-refractivity contribution in [2.75, 3.05) is 10.6 Å². The van der Waals surface area contributed by atoms with Crippen molar-refractivity contribution in [2.24, 2.45) is 0 Å². The van der Waals surface area contributed by atoms with Crippen LogP contribution in [0.4, 0.5) is 11.4 Å². The van der Waals surface area contributed by atoms with Gasteiger partial charge in [-0.2, -0.15) is 0 Å². The first-order valence-corrected chi connectivity index (χ1v) is 8.15. The van der Waals surface area contributed by atoms with E-state index < -0.39 is 0 Å². The van der Waals surface area contributed by atoms with Crippen LogP contribution in [0, 0.1) is 0 Å². The maximum Gasteiger partial charge on any atom is 0.255 e. The zero-order chi connectivity index (χ0) is 17.1. The first-order valence-electron chi connectivity index (χ1n) is 6.96. The average Bonchev–Trinajstić information content (AvgIpc) is 2.94. The Labute approximate surface area is 147 Å². The molecule has 1 heterocycles. The lowest BCUT2D eigenvalue weighted by atomic mass is 10.1. The molecule has 0 bridgehead atoms. The Kier molecular flexibility index (Phi) is 4.59. The number of hydrogen-bond acceptors (Lipinski definition) is 4. The van der Waals surface area contributed by atoms with Crippen molar-refractivity contribution in [3.05, 3.63) is 65.1 Å². The highest BCUT2D eigenvalue weighted by molar-refractivity contribution is 7.22. The van der Waals surface area contributed by atoms with Crippen LogP contribution in [0.15, 0.2) is 55.1 Å². The summed E-state index contributed by atoms with van der Waals surface area (Å²) in [7, 11) is 0. The minimum Gasteiger partial charge on any atom is -0.323 e. The molecular formula is C17H12ClN3O2S. The summed E-state index contributed by atoms with van der Waals surface area (Å²) in [6.07, 6.45) is 1.17. The predicted molar refractivity (Wildman–Crippen MR) is 97.9 cm³/mol. The number of fused-ring (bicyclic) bond motifs is 1. The summed E-state index contributed by atoms with van der Waals surface area (Å²) in [5.41, 5.74) is 2.39. The lowest BCUT2D eigenvalue weighted by Crippen LogP contribution is -2.13. The molecule has 2 amide bonds. The number of carbonyl (C=O) groups is 2. The van der Waals surface area contributed by atoms with Crippen molar-refractivity contribution in [3.8, 4) is 0 Å². The number of nitrogens with one attached hydrogen (secondary N) is 2. The van der Waals surface area contributed by atoms with E-state index in [1.165, 1.54) is 17.4 Å². The molecule has 0 aliphatic heterocycles. The maximum absolute atomic E-state index is 12.4. The first-order chi connectivity index (χ1) is 11.5. The topological polar surface area (TPSA) is 71.1 Å². The van der Waals surface area contributed by atoms with Gasteiger partial charge in [-0.25, -0.2) is 4.98 Å². The van der Waals surface area contributed by atoms with Gasteiger partial charge >= 0.3 is 0 Å². The van der Waals surface area contributed by atoms with Crippen LogP contribution < -0.4 is 10.6 Å². The number of benzene rings is 2. The van der Waals surface area contributed by atoms with Crippen molar-refractivity contribution in [2.45, 2.75) is 0 Å². The Hall–Kier alpha value is -2.70. The van der Waals surface area contributed by atoms with E-state index in [1.807, 2.05) is 6.07 Å². The second-order valence-electron chi connectivity index (χ2n) is 4.88. The molecule has 0 aliphatic carbocycles. The van der Waals surface area contributed by atoms with E-state index in [1.54, 1.807) is 36.4 Å². The van der Waals surface area contributed by atoms with E-state index in [9.17, 15) is 9.59 Å². The Morgan fingerprint density at radius 2 is 1.92 bits per heavy atom. The zero-order valence-corrected chi connectivity index (χ0v) is 13.9. The second kappa shape index (κ2) is 6.82. The number of thiazole rings is 1. The molecule has 3 rings (SSSR count). The van der Waals surface area contributed by atoms with Gasteiger partial charge in [0.2, 0.25) is 5.91 Å². The predicted octanol–water partition coefficient (Wildman–Crippen LogP) is 4.33. The van der Waals surface area contributed by atoms with E-state index in [4.69, 9.17) is 11.6 Å². The molecule has 120 valence electrons. The Bertz CT molecular complexity index is 952. The van der Waals surface area contributed by atoms with Crippen LogP contribution in [0.2, 0.25) is 4.47 Å². The van der Waals surface area contributed by atoms with Crippen LogP contribution in [0.5, 0.6) is 0 Å². The smallest absolute Gasteiger partial charge is 0.255 e. The molecule has 0 spiro atoms. The van der Waals surface area contributed by atoms with Crippen LogP contribution in [-0.2, 0) is 4.79 Å². The molecule has 1 aromatic heterocycles. The normalized spacial score (nSPS) is 10.4. The van der Waals surface area contributed by atoms with Gasteiger partial charge in [-0.1, -0.05) is 24.2 Å². The standard InChI is InChI=1S/C17H12ClN3O2S/c1-2-15(22)19-11-5-3-4-10(8-11)16(23)20-12-6-7-13-14(9-12)24-17(18)21-13/h2-9H,1H2,(H,19,22)(H,20,23). The zero-order valence-electron chi connectivity index (χ0n) is 12.4. The van der Waals surface area contributed by atoms with Gasteiger partial charge in [0.25, 0.3) is 5.91 Å². The number of amides is 2. The average molecular weight is 358 g/mol. The first kappa shape index (κ1) is 16.2. The van der Waals surface area contributed by atoms with Gasteiger partial charge in [0.15, 0.2) is 4.47 Å². The third-order valence-corrected chi connectivity index (χ3v) is 4.32. The summed E-state index contributed by atoms with van der Waals surface area (Å²) in [4.78, 5) is 27.9. The maximum atomic E-state index is 12.4. The summed E-state index contributed by atoms with van der Waals surface area (Å²) >= 11 is 7.23. The van der Waals surface area contributed by atoms with E-state index >= 15 is 0 Å². The lowest BCUT2D eigenvalue weighted by molar-refractivity contribution is -0.111. The van der Waals surface area contributed by atoms with E-state index in [-0.39, 0.29) is 11.8 Å². The van der Waals surface area contributed by atoms with Crippen LogP contribution >= 0.6 is 22.9 Å². The van der Waals surface area contributed by atoms with Gasteiger partial charge < -0.3 is 10.6 Å². The van der Waals surface area contributed by atoms with Gasteiger partial charge in [0.05, 0.1) is 10.2 Å². The summed E-state index contributed by atoms with van der Waals surface area (Å²) < 4.78 is 1.35. The number of rotatable bonds is 4. The van der Waals surface area contributed by atoms with Crippen LogP contribution in [0.25, 0.3) is 10.2 Å². The van der Waals surface area contributed by atoms with Gasteiger partial charge in [0, 0.05) is 16.9 Å². The molecule has 24 heavy (non-hydrogen) atoms. The molecule has 2 aromatic carbocycles. The SMILES string of the molecule is C=CC(=O)Nc1cccc(C(=O)Nc2ccc3nc(Cl)sc3c2)c1. The van der Waals surface area contributed by atoms with E-state index in [0.29, 0.717) is 21.4 Å². The Balaban J connectivity index is 1.79. The van der Waals surface area contributed by atoms with Gasteiger partial charge in [0.1, 0.15) is 0 Å². The quantitative estimate of drug-likeness (QED) is 0.683. The molecule has 0 saturated heterocycles. The van der Waals surface area contributed by atoms with Crippen LogP contribution in [0.1, 0.15) is 10.4 Å². The fourth-order valence-corrected chi connectivity index (χ4v) is 3.18. The minimum absolute atomic E-state index is 0.278. The van der Waals surface area contributed by atoms with Crippen LogP contribution in [0.3, 0.4) is 0 Å². The fraction of sp³-hybridized carbons (Fsp3) is 0. The molecule has 3 aromatic rings. The molecular weight excluding hydrogens is 346 g/mol. The van der Waals surface area contributed by atoms with Crippen LogP contribution in [-0.4, -0.2) is 16.8 Å². The number of hydrogen-bond donors (Lipinski definition) is 2. The highest BCUT2D eigenvalue weighted by atomic mass is 35.5. The summed E-state index contributed by atoms with van der Waals surface area (Å²) in [6.45, 7) is 3.39. The third kappa shape index (κ3) is 3.61. The molecule has 0 aliphatic rings. The monoisotopic (exact) mass is 357 g/mol. The number of nitrogens with zero attached hydrogens (tertiary/aromatic N) is 1. The van der Waals surface area contributed by atoms with Crippen molar-refractivity contribution in [3.63, 3.8) is 0 Å². The number of halogens is 1.